The third-order valence-electron chi connectivity index (χ3n) is 5.01. The van der Waals surface area contributed by atoms with Gasteiger partial charge in [0, 0.05) is 31.4 Å². The van der Waals surface area contributed by atoms with Crippen LogP contribution >= 0.6 is 11.3 Å². The Labute approximate surface area is 186 Å². The van der Waals surface area contributed by atoms with E-state index in [-0.39, 0.29) is 5.91 Å². The standard InChI is InChI=1S/C23H26N4O3S/c1-3-30-19-6-4-18(5-7-19)23-26-16(2)21(31-23)22(28)25-15-17-8-9-24-20(14-17)27-10-12-29-13-11-27/h4-9,14H,3,10-13,15H2,1-2H3,(H,25,28). The predicted molar refractivity (Wildman–Crippen MR) is 122 cm³/mol. The van der Waals surface area contributed by atoms with Crippen LogP contribution in [0.15, 0.2) is 42.6 Å². The summed E-state index contributed by atoms with van der Waals surface area (Å²) in [5, 5.41) is 3.84. The number of aromatic nitrogens is 2. The second kappa shape index (κ2) is 9.89. The molecule has 2 aromatic heterocycles. The molecule has 1 aliphatic heterocycles. The van der Waals surface area contributed by atoms with Crippen molar-refractivity contribution in [3.8, 4) is 16.3 Å². The van der Waals surface area contributed by atoms with Crippen LogP contribution in [0.1, 0.15) is 27.9 Å². The fourth-order valence-electron chi connectivity index (χ4n) is 3.39. The van der Waals surface area contributed by atoms with Gasteiger partial charge in [-0.1, -0.05) is 0 Å². The van der Waals surface area contributed by atoms with E-state index in [0.29, 0.717) is 31.2 Å². The molecule has 1 fully saturated rings. The number of pyridine rings is 1. The molecular formula is C23H26N4O3S. The molecule has 31 heavy (non-hydrogen) atoms. The number of amides is 1. The monoisotopic (exact) mass is 438 g/mol. The lowest BCUT2D eigenvalue weighted by atomic mass is 10.2. The number of carbonyl (C=O) groups is 1. The second-order valence-corrected chi connectivity index (χ2v) is 8.19. The first-order chi connectivity index (χ1) is 15.1. The maximum Gasteiger partial charge on any atom is 0.263 e. The third-order valence-corrected chi connectivity index (χ3v) is 6.22. The Bertz CT molecular complexity index is 1030. The topological polar surface area (TPSA) is 76.6 Å². The summed E-state index contributed by atoms with van der Waals surface area (Å²) in [4.78, 5) is 24.7. The van der Waals surface area contributed by atoms with Crippen LogP contribution < -0.4 is 15.0 Å². The van der Waals surface area contributed by atoms with E-state index in [1.165, 1.54) is 11.3 Å². The van der Waals surface area contributed by atoms with Gasteiger partial charge in [-0.05, 0) is 55.8 Å². The first-order valence-electron chi connectivity index (χ1n) is 10.4. The molecule has 1 aliphatic rings. The molecule has 3 aromatic rings. The first-order valence-corrected chi connectivity index (χ1v) is 11.2. The number of rotatable bonds is 7. The van der Waals surface area contributed by atoms with E-state index in [2.05, 4.69) is 20.2 Å². The molecule has 0 aliphatic carbocycles. The zero-order valence-corrected chi connectivity index (χ0v) is 18.6. The van der Waals surface area contributed by atoms with Crippen molar-refractivity contribution < 1.29 is 14.3 Å². The molecule has 8 heteroatoms. The molecule has 0 bridgehead atoms. The second-order valence-electron chi connectivity index (χ2n) is 7.20. The number of ether oxygens (including phenoxy) is 2. The molecule has 0 spiro atoms. The van der Waals surface area contributed by atoms with E-state index in [1.54, 1.807) is 6.20 Å². The molecule has 0 atom stereocenters. The van der Waals surface area contributed by atoms with Gasteiger partial charge < -0.3 is 19.7 Å². The van der Waals surface area contributed by atoms with Crippen molar-refractivity contribution in [3.05, 3.63) is 58.7 Å². The summed E-state index contributed by atoms with van der Waals surface area (Å²) in [6.45, 7) is 7.98. The van der Waals surface area contributed by atoms with Gasteiger partial charge >= 0.3 is 0 Å². The van der Waals surface area contributed by atoms with Gasteiger partial charge in [-0.15, -0.1) is 11.3 Å². The summed E-state index contributed by atoms with van der Waals surface area (Å²) in [5.41, 5.74) is 2.72. The number of hydrogen-bond donors (Lipinski definition) is 1. The Balaban J connectivity index is 1.41. The number of hydrogen-bond acceptors (Lipinski definition) is 7. The van der Waals surface area contributed by atoms with E-state index in [0.717, 1.165) is 46.5 Å². The molecular weight excluding hydrogens is 412 g/mol. The third kappa shape index (κ3) is 5.21. The van der Waals surface area contributed by atoms with Crippen LogP contribution in [0.5, 0.6) is 5.75 Å². The molecule has 1 saturated heterocycles. The molecule has 7 nitrogen and oxygen atoms in total. The number of anilines is 1. The average molecular weight is 439 g/mol. The Morgan fingerprint density at radius 2 is 2.00 bits per heavy atom. The fraction of sp³-hybridized carbons (Fsp3) is 0.348. The molecule has 0 unspecified atom stereocenters. The Morgan fingerprint density at radius 1 is 1.23 bits per heavy atom. The molecule has 162 valence electrons. The zero-order chi connectivity index (χ0) is 21.6. The Kier molecular flexibility index (Phi) is 6.79. The number of thiazole rings is 1. The lowest BCUT2D eigenvalue weighted by Crippen LogP contribution is -2.36. The molecule has 0 saturated carbocycles. The normalized spacial score (nSPS) is 13.8. The van der Waals surface area contributed by atoms with Crippen LogP contribution in [0.3, 0.4) is 0 Å². The molecule has 1 N–H and O–H groups in total. The Morgan fingerprint density at radius 3 is 2.74 bits per heavy atom. The number of benzene rings is 1. The summed E-state index contributed by atoms with van der Waals surface area (Å²) in [6.07, 6.45) is 1.79. The summed E-state index contributed by atoms with van der Waals surface area (Å²) in [5.74, 6) is 1.63. The minimum atomic E-state index is -0.114. The summed E-state index contributed by atoms with van der Waals surface area (Å²) >= 11 is 1.40. The van der Waals surface area contributed by atoms with Gasteiger partial charge in [0.15, 0.2) is 0 Å². The minimum absolute atomic E-state index is 0.114. The van der Waals surface area contributed by atoms with Crippen LogP contribution in [0, 0.1) is 6.92 Å². The number of carbonyl (C=O) groups excluding carboxylic acids is 1. The molecule has 0 radical (unpaired) electrons. The van der Waals surface area contributed by atoms with Crippen LogP contribution in [-0.4, -0.2) is 48.8 Å². The number of morpholine rings is 1. The van der Waals surface area contributed by atoms with Gasteiger partial charge in [0.2, 0.25) is 0 Å². The van der Waals surface area contributed by atoms with Crippen molar-refractivity contribution in [2.24, 2.45) is 0 Å². The van der Waals surface area contributed by atoms with Crippen LogP contribution in [-0.2, 0) is 11.3 Å². The first kappa shape index (κ1) is 21.3. The molecule has 4 rings (SSSR count). The predicted octanol–water partition coefficient (Wildman–Crippen LogP) is 3.68. The Hall–Kier alpha value is -2.97. The number of aryl methyl sites for hydroxylation is 1. The minimum Gasteiger partial charge on any atom is -0.494 e. The highest BCUT2D eigenvalue weighted by molar-refractivity contribution is 7.17. The van der Waals surface area contributed by atoms with Gasteiger partial charge in [-0.3, -0.25) is 4.79 Å². The SMILES string of the molecule is CCOc1ccc(-c2nc(C)c(C(=O)NCc3ccnc(N4CCOCC4)c3)s2)cc1. The quantitative estimate of drug-likeness (QED) is 0.606. The molecule has 1 aromatic carbocycles. The number of nitrogens with one attached hydrogen (secondary N) is 1. The lowest BCUT2D eigenvalue weighted by Gasteiger charge is -2.28. The van der Waals surface area contributed by atoms with Crippen LogP contribution in [0.25, 0.3) is 10.6 Å². The van der Waals surface area contributed by atoms with E-state index in [9.17, 15) is 4.79 Å². The van der Waals surface area contributed by atoms with Crippen molar-refractivity contribution in [3.63, 3.8) is 0 Å². The van der Waals surface area contributed by atoms with Gasteiger partial charge in [-0.25, -0.2) is 9.97 Å². The van der Waals surface area contributed by atoms with Gasteiger partial charge in [0.05, 0.1) is 25.5 Å². The van der Waals surface area contributed by atoms with Crippen molar-refractivity contribution in [1.29, 1.82) is 0 Å². The highest BCUT2D eigenvalue weighted by Gasteiger charge is 2.17. The lowest BCUT2D eigenvalue weighted by molar-refractivity contribution is 0.0954. The molecule has 1 amide bonds. The summed E-state index contributed by atoms with van der Waals surface area (Å²) < 4.78 is 10.9. The highest BCUT2D eigenvalue weighted by atomic mass is 32.1. The maximum atomic E-state index is 12.8. The van der Waals surface area contributed by atoms with Crippen LogP contribution in [0.4, 0.5) is 5.82 Å². The fourth-order valence-corrected chi connectivity index (χ4v) is 4.38. The highest BCUT2D eigenvalue weighted by Crippen LogP contribution is 2.29. The smallest absolute Gasteiger partial charge is 0.263 e. The van der Waals surface area contributed by atoms with E-state index < -0.39 is 0 Å². The van der Waals surface area contributed by atoms with Crippen molar-refractivity contribution in [2.45, 2.75) is 20.4 Å². The van der Waals surface area contributed by atoms with E-state index in [1.807, 2.05) is 50.2 Å². The van der Waals surface area contributed by atoms with Crippen molar-refractivity contribution in [2.75, 3.05) is 37.8 Å². The van der Waals surface area contributed by atoms with Crippen LogP contribution in [0.2, 0.25) is 0 Å². The summed E-state index contributed by atoms with van der Waals surface area (Å²) in [7, 11) is 0. The van der Waals surface area contributed by atoms with Crippen molar-refractivity contribution in [1.82, 2.24) is 15.3 Å². The van der Waals surface area contributed by atoms with Gasteiger partial charge in [0.1, 0.15) is 21.5 Å². The maximum absolute atomic E-state index is 12.8. The van der Waals surface area contributed by atoms with E-state index in [4.69, 9.17) is 9.47 Å². The number of nitrogens with zero attached hydrogens (tertiary/aromatic N) is 3. The average Bonchev–Trinajstić information content (AvgIpc) is 3.21. The van der Waals surface area contributed by atoms with Gasteiger partial charge in [0.25, 0.3) is 5.91 Å². The summed E-state index contributed by atoms with van der Waals surface area (Å²) in [6, 6.07) is 11.7. The van der Waals surface area contributed by atoms with Crippen molar-refractivity contribution >= 4 is 23.1 Å². The van der Waals surface area contributed by atoms with E-state index >= 15 is 0 Å². The largest absolute Gasteiger partial charge is 0.494 e. The molecule has 3 heterocycles. The van der Waals surface area contributed by atoms with Gasteiger partial charge in [-0.2, -0.15) is 0 Å². The zero-order valence-electron chi connectivity index (χ0n) is 17.8.